The van der Waals surface area contributed by atoms with Gasteiger partial charge in [-0.15, -0.1) is 40.7 Å². The largest absolute Gasteiger partial charge is 0.512 e. The molecule has 0 spiro atoms. The number of aryl methyl sites for hydroxylation is 1. The van der Waals surface area contributed by atoms with Crippen molar-refractivity contribution in [2.24, 2.45) is 16.7 Å². The van der Waals surface area contributed by atoms with E-state index in [1.54, 1.807) is 11.8 Å². The minimum absolute atomic E-state index is 0. The minimum Gasteiger partial charge on any atom is -0.512 e. The van der Waals surface area contributed by atoms with Crippen LogP contribution in [-0.2, 0) is 36.7 Å². The van der Waals surface area contributed by atoms with E-state index in [0.717, 1.165) is 65.3 Å². The third-order valence-electron chi connectivity index (χ3n) is 10.9. The van der Waals surface area contributed by atoms with E-state index in [1.807, 2.05) is 70.6 Å². The molecule has 3 heterocycles. The molecule has 0 saturated heterocycles. The van der Waals surface area contributed by atoms with Crippen LogP contribution in [0.4, 0.5) is 0 Å². The Kier molecular flexibility index (Phi) is 14.8. The summed E-state index contributed by atoms with van der Waals surface area (Å²) < 4.78 is 7.82. The number of hydrogen-bond donors (Lipinski definition) is 1. The van der Waals surface area contributed by atoms with Crippen LogP contribution in [0.3, 0.4) is 0 Å². The van der Waals surface area contributed by atoms with Crippen LogP contribution in [0.15, 0.2) is 69.7 Å². The average Bonchev–Trinajstić information content (AvgIpc) is 3.63. The van der Waals surface area contributed by atoms with Crippen molar-refractivity contribution < 1.29 is 34.4 Å². The SMILES string of the molecule is C=CSc1c[c-]c(-c2nccc3oc4c(ccc5sc(CC(C)C)c(C)c54)c23)cc1C(C)(C)C.CCC(C)(CC)C(=O)/C=C(\O)C(C)(CC)CC.[Ir]. The van der Waals surface area contributed by atoms with Crippen LogP contribution < -0.4 is 0 Å². The van der Waals surface area contributed by atoms with Crippen LogP contribution >= 0.6 is 23.1 Å². The normalized spacial score (nSPS) is 12.7. The van der Waals surface area contributed by atoms with Crippen molar-refractivity contribution in [1.82, 2.24) is 4.98 Å². The minimum atomic E-state index is -0.337. The van der Waals surface area contributed by atoms with Gasteiger partial charge < -0.3 is 14.5 Å². The van der Waals surface area contributed by atoms with Gasteiger partial charge in [-0.05, 0) is 85.2 Å². The number of carbonyl (C=O) groups excluding carboxylic acids is 1. The third kappa shape index (κ3) is 8.97. The summed E-state index contributed by atoms with van der Waals surface area (Å²) in [5.41, 5.74) is 5.77. The van der Waals surface area contributed by atoms with Crippen molar-refractivity contribution in [2.75, 3.05) is 0 Å². The molecule has 0 atom stereocenters. The average molecular weight is 917 g/mol. The molecule has 4 nitrogen and oxygen atoms in total. The fourth-order valence-corrected chi connectivity index (χ4v) is 8.62. The zero-order chi connectivity index (χ0) is 37.9. The Morgan fingerprint density at radius 1 is 1.02 bits per heavy atom. The number of thiophene rings is 1. The van der Waals surface area contributed by atoms with Crippen LogP contribution in [0.5, 0.6) is 0 Å². The molecule has 1 N–H and O–H groups in total. The van der Waals surface area contributed by atoms with Crippen molar-refractivity contribution in [3.05, 3.63) is 82.4 Å². The number of aromatic nitrogens is 1. The second-order valence-electron chi connectivity index (χ2n) is 15.8. The Bertz CT molecular complexity index is 2050. The zero-order valence-corrected chi connectivity index (χ0v) is 37.3. The van der Waals surface area contributed by atoms with Crippen molar-refractivity contribution >= 4 is 60.9 Å². The summed E-state index contributed by atoms with van der Waals surface area (Å²) in [5.74, 6) is 0.914. The fraction of sp³-hybridized carbons (Fsp3) is 0.467. The van der Waals surface area contributed by atoms with Gasteiger partial charge in [-0.3, -0.25) is 4.79 Å². The first-order valence-electron chi connectivity index (χ1n) is 18.5. The molecule has 0 bridgehead atoms. The number of carbonyl (C=O) groups is 1. The first-order valence-corrected chi connectivity index (χ1v) is 20.2. The van der Waals surface area contributed by atoms with Gasteiger partial charge in [0.15, 0.2) is 5.78 Å². The summed E-state index contributed by atoms with van der Waals surface area (Å²) in [6, 6.07) is 14.2. The molecule has 0 fully saturated rings. The number of allylic oxidation sites excluding steroid dienone is 2. The maximum atomic E-state index is 12.2. The van der Waals surface area contributed by atoms with Gasteiger partial charge in [0.2, 0.25) is 0 Å². The molecule has 1 radical (unpaired) electrons. The topological polar surface area (TPSA) is 63.3 Å². The Morgan fingerprint density at radius 3 is 2.21 bits per heavy atom. The number of pyridine rings is 1. The maximum absolute atomic E-state index is 12.2. The molecular weight excluding hydrogens is 859 g/mol. The Labute approximate surface area is 334 Å². The van der Waals surface area contributed by atoms with E-state index in [4.69, 9.17) is 9.40 Å². The molecule has 0 amide bonds. The summed E-state index contributed by atoms with van der Waals surface area (Å²) in [6.45, 7) is 29.5. The molecule has 0 unspecified atom stereocenters. The van der Waals surface area contributed by atoms with Gasteiger partial charge in [-0.25, -0.2) is 0 Å². The molecule has 2 aromatic carbocycles. The quantitative estimate of drug-likeness (QED) is 0.0585. The second kappa shape index (κ2) is 17.6. The van der Waals surface area contributed by atoms with Gasteiger partial charge in [-0.1, -0.05) is 87.6 Å². The molecule has 5 aromatic rings. The number of thioether (sulfide) groups is 1. The predicted octanol–water partition coefficient (Wildman–Crippen LogP) is 14.4. The van der Waals surface area contributed by atoms with Gasteiger partial charge in [0.1, 0.15) is 16.9 Å². The first kappa shape index (κ1) is 43.7. The van der Waals surface area contributed by atoms with E-state index in [0.29, 0.717) is 5.92 Å². The van der Waals surface area contributed by atoms with Crippen LogP contribution in [0, 0.1) is 29.7 Å². The van der Waals surface area contributed by atoms with Gasteiger partial charge in [-0.2, -0.15) is 11.8 Å². The van der Waals surface area contributed by atoms with E-state index in [1.165, 1.54) is 37.1 Å². The van der Waals surface area contributed by atoms with E-state index in [9.17, 15) is 9.90 Å². The van der Waals surface area contributed by atoms with Crippen molar-refractivity contribution in [3.63, 3.8) is 0 Å². The standard InChI is InChI=1S/C30H30NOS2.C15H28O2.Ir/c1-8-33-23-11-9-19(16-21(23)30(5,6)7)28-27-20-10-12-24-26(18(4)25(34-24)15-17(2)3)29(20)32-22(27)13-14-31-28;1-7-14(5,8-2)12(16)11-13(17)15(6,9-3)10-4;/h8,10-14,16-17H,1,15H2,2-7H3;11,16H,7-10H2,1-6H3;/q-1;;/b;12-11-;. The summed E-state index contributed by atoms with van der Waals surface area (Å²) in [6.07, 6.45) is 7.70. The Balaban J connectivity index is 0.000000347. The Hall–Kier alpha value is -2.70. The monoisotopic (exact) mass is 917 g/mol. The summed E-state index contributed by atoms with van der Waals surface area (Å²) in [7, 11) is 0. The molecule has 0 aliphatic rings. The summed E-state index contributed by atoms with van der Waals surface area (Å²) in [5, 5.41) is 15.4. The molecule has 3 aromatic heterocycles. The predicted molar refractivity (Wildman–Crippen MR) is 222 cm³/mol. The smallest absolute Gasteiger partial charge is 0.164 e. The zero-order valence-electron chi connectivity index (χ0n) is 33.3. The number of nitrogens with zero attached hydrogens (tertiary/aromatic N) is 1. The van der Waals surface area contributed by atoms with Crippen molar-refractivity contribution in [2.45, 2.75) is 125 Å². The van der Waals surface area contributed by atoms with Gasteiger partial charge >= 0.3 is 0 Å². The van der Waals surface area contributed by atoms with Crippen LogP contribution in [0.25, 0.3) is 43.3 Å². The maximum Gasteiger partial charge on any atom is 0.164 e. The molecule has 5 rings (SSSR count). The first-order chi connectivity index (χ1) is 24.0. The number of hydrogen-bond acceptors (Lipinski definition) is 6. The molecule has 0 aliphatic carbocycles. The van der Waals surface area contributed by atoms with Gasteiger partial charge in [0.05, 0.1) is 0 Å². The number of rotatable bonds is 12. The molecule has 7 heteroatoms. The van der Waals surface area contributed by atoms with Crippen molar-refractivity contribution in [3.8, 4) is 11.3 Å². The number of aliphatic hydroxyl groups is 1. The van der Waals surface area contributed by atoms with Crippen LogP contribution in [0.2, 0.25) is 0 Å². The number of aliphatic hydroxyl groups excluding tert-OH is 1. The summed E-state index contributed by atoms with van der Waals surface area (Å²) >= 11 is 3.54. The van der Waals surface area contributed by atoms with Crippen LogP contribution in [-0.4, -0.2) is 15.9 Å². The van der Waals surface area contributed by atoms with Crippen LogP contribution in [0.1, 0.15) is 118 Å². The van der Waals surface area contributed by atoms with Crippen molar-refractivity contribution in [1.29, 1.82) is 0 Å². The number of furan rings is 1. The molecular formula is C45H58IrNO3S2-. The molecule has 283 valence electrons. The number of ketones is 1. The van der Waals surface area contributed by atoms with Gasteiger partial charge in [0.25, 0.3) is 0 Å². The van der Waals surface area contributed by atoms with E-state index < -0.39 is 0 Å². The molecule has 52 heavy (non-hydrogen) atoms. The fourth-order valence-electron chi connectivity index (χ4n) is 6.40. The Morgan fingerprint density at radius 2 is 1.65 bits per heavy atom. The number of benzene rings is 2. The van der Waals surface area contributed by atoms with E-state index in [2.05, 4.69) is 78.5 Å². The molecule has 0 aliphatic heterocycles. The van der Waals surface area contributed by atoms with Gasteiger partial charge in [0, 0.05) is 68.9 Å². The van der Waals surface area contributed by atoms with E-state index >= 15 is 0 Å². The summed E-state index contributed by atoms with van der Waals surface area (Å²) in [4.78, 5) is 19.6. The van der Waals surface area contributed by atoms with E-state index in [-0.39, 0.29) is 47.9 Å². The third-order valence-corrected chi connectivity index (χ3v) is 13.0. The second-order valence-corrected chi connectivity index (χ2v) is 17.9. The molecule has 0 saturated carbocycles. The number of fused-ring (bicyclic) bond motifs is 5.